The number of halogens is 2. The second-order valence-corrected chi connectivity index (χ2v) is 4.11. The first-order valence-corrected chi connectivity index (χ1v) is 5.59. The van der Waals surface area contributed by atoms with Crippen LogP contribution in [0.2, 0.25) is 0 Å². The van der Waals surface area contributed by atoms with Gasteiger partial charge in [-0.15, -0.1) is 0 Å². The zero-order valence-corrected chi connectivity index (χ0v) is 10.5. The van der Waals surface area contributed by atoms with Gasteiger partial charge < -0.3 is 0 Å². The first-order chi connectivity index (χ1) is 5.24. The molecule has 0 aliphatic heterocycles. The number of rotatable bonds is 1. The topological polar surface area (TPSA) is 0 Å². The molecule has 1 aromatic rings. The van der Waals surface area contributed by atoms with Gasteiger partial charge in [0.25, 0.3) is 0 Å². The Morgan fingerprint density at radius 1 is 1.27 bits per heavy atom. The Kier molecular flexibility index (Phi) is 3.84. The van der Waals surface area contributed by atoms with Crippen molar-refractivity contribution >= 4 is 48.8 Å². The molecular formula is C9H8I2. The molecule has 0 fully saturated rings. The van der Waals surface area contributed by atoms with Crippen LogP contribution in [0.4, 0.5) is 0 Å². The van der Waals surface area contributed by atoms with E-state index in [2.05, 4.69) is 80.5 Å². The average Bonchev–Trinajstić information content (AvgIpc) is 2.05. The fraction of sp³-hybridized carbons (Fsp3) is 0.111. The standard InChI is InChI=1S/C9H8I2/c1-7-2-4-8(5-3-7)9(11)6-10/h2-6H,1H3/b9-6+. The molecular weight excluding hydrogens is 362 g/mol. The molecule has 11 heavy (non-hydrogen) atoms. The van der Waals surface area contributed by atoms with E-state index in [-0.39, 0.29) is 0 Å². The molecule has 58 valence electrons. The minimum atomic E-state index is 1.29. The van der Waals surface area contributed by atoms with Crippen LogP contribution < -0.4 is 0 Å². The Bertz CT molecular complexity index is 259. The van der Waals surface area contributed by atoms with Crippen molar-refractivity contribution in [1.82, 2.24) is 0 Å². The van der Waals surface area contributed by atoms with E-state index in [4.69, 9.17) is 0 Å². The van der Waals surface area contributed by atoms with E-state index in [0.717, 1.165) is 0 Å². The largest absolute Gasteiger partial charge is 0.0587 e. The van der Waals surface area contributed by atoms with Crippen LogP contribution in [0.15, 0.2) is 28.3 Å². The highest BCUT2D eigenvalue weighted by atomic mass is 127. The summed E-state index contributed by atoms with van der Waals surface area (Å²) in [6.45, 7) is 2.10. The van der Waals surface area contributed by atoms with E-state index < -0.39 is 0 Å². The number of hydrogen-bond donors (Lipinski definition) is 0. The van der Waals surface area contributed by atoms with E-state index in [9.17, 15) is 0 Å². The lowest BCUT2D eigenvalue weighted by molar-refractivity contribution is 1.46. The van der Waals surface area contributed by atoms with Gasteiger partial charge in [0.05, 0.1) is 0 Å². The molecule has 0 unspecified atom stereocenters. The van der Waals surface area contributed by atoms with Crippen molar-refractivity contribution in [2.45, 2.75) is 6.92 Å². The lowest BCUT2D eigenvalue weighted by Crippen LogP contribution is -1.75. The quantitative estimate of drug-likeness (QED) is 0.652. The van der Waals surface area contributed by atoms with E-state index in [1.807, 2.05) is 0 Å². The van der Waals surface area contributed by atoms with Crippen LogP contribution in [-0.2, 0) is 0 Å². The third kappa shape index (κ3) is 2.74. The highest BCUT2D eigenvalue weighted by molar-refractivity contribution is 14.1. The van der Waals surface area contributed by atoms with Crippen molar-refractivity contribution in [1.29, 1.82) is 0 Å². The molecule has 0 amide bonds. The fourth-order valence-corrected chi connectivity index (χ4v) is 1.49. The van der Waals surface area contributed by atoms with Crippen LogP contribution in [0.25, 0.3) is 3.58 Å². The smallest absolute Gasteiger partial charge is 0.0263 e. The third-order valence-electron chi connectivity index (χ3n) is 1.42. The van der Waals surface area contributed by atoms with Gasteiger partial charge in [-0.3, -0.25) is 0 Å². The van der Waals surface area contributed by atoms with Gasteiger partial charge in [0, 0.05) is 3.58 Å². The summed E-state index contributed by atoms with van der Waals surface area (Å²) in [4.78, 5) is 0. The molecule has 0 atom stereocenters. The number of hydrogen-bond acceptors (Lipinski definition) is 0. The summed E-state index contributed by atoms with van der Waals surface area (Å²) in [6, 6.07) is 8.56. The predicted octanol–water partition coefficient (Wildman–Crippen LogP) is 4.16. The highest BCUT2D eigenvalue weighted by Crippen LogP contribution is 2.23. The molecule has 1 aromatic carbocycles. The van der Waals surface area contributed by atoms with Gasteiger partial charge in [0.15, 0.2) is 0 Å². The fourth-order valence-electron chi connectivity index (χ4n) is 0.776. The Balaban J connectivity index is 2.99. The normalized spacial score (nSPS) is 11.7. The van der Waals surface area contributed by atoms with E-state index in [0.29, 0.717) is 0 Å². The maximum Gasteiger partial charge on any atom is 0.0263 e. The Labute approximate surface area is 94.4 Å². The van der Waals surface area contributed by atoms with Crippen LogP contribution in [0.5, 0.6) is 0 Å². The first kappa shape index (κ1) is 9.51. The lowest BCUT2D eigenvalue weighted by atomic mass is 10.2. The molecule has 0 N–H and O–H groups in total. The SMILES string of the molecule is Cc1ccc(/C(I)=C\I)cc1. The van der Waals surface area contributed by atoms with Crippen molar-refractivity contribution < 1.29 is 0 Å². The molecule has 0 nitrogen and oxygen atoms in total. The minimum absolute atomic E-state index is 1.29. The van der Waals surface area contributed by atoms with Crippen molar-refractivity contribution in [3.63, 3.8) is 0 Å². The molecule has 0 spiro atoms. The van der Waals surface area contributed by atoms with Gasteiger partial charge in [-0.25, -0.2) is 0 Å². The first-order valence-electron chi connectivity index (χ1n) is 3.27. The maximum absolute atomic E-state index is 2.34. The second-order valence-electron chi connectivity index (χ2n) is 2.32. The molecule has 1 rings (SSSR count). The number of aryl methyl sites for hydroxylation is 1. The molecule has 2 heteroatoms. The summed E-state index contributed by atoms with van der Waals surface area (Å²) in [7, 11) is 0. The third-order valence-corrected chi connectivity index (χ3v) is 4.17. The molecule has 0 heterocycles. The summed E-state index contributed by atoms with van der Waals surface area (Å²) in [5.74, 6) is 0. The van der Waals surface area contributed by atoms with Crippen molar-refractivity contribution in [3.05, 3.63) is 39.5 Å². The van der Waals surface area contributed by atoms with Crippen LogP contribution in [0.3, 0.4) is 0 Å². The Hall–Kier alpha value is 0.420. The van der Waals surface area contributed by atoms with E-state index in [1.165, 1.54) is 14.7 Å². The van der Waals surface area contributed by atoms with Gasteiger partial charge in [0.1, 0.15) is 0 Å². The summed E-state index contributed by atoms with van der Waals surface area (Å²) in [5.41, 5.74) is 2.61. The monoisotopic (exact) mass is 370 g/mol. The minimum Gasteiger partial charge on any atom is -0.0587 e. The zero-order chi connectivity index (χ0) is 8.27. The molecule has 0 bridgehead atoms. The Morgan fingerprint density at radius 2 is 1.82 bits per heavy atom. The summed E-state index contributed by atoms with van der Waals surface area (Å²) in [6.07, 6.45) is 0. The van der Waals surface area contributed by atoms with Crippen LogP contribution in [-0.4, -0.2) is 0 Å². The Morgan fingerprint density at radius 3 is 2.27 bits per heavy atom. The summed E-state index contributed by atoms with van der Waals surface area (Å²) >= 11 is 4.59. The second kappa shape index (κ2) is 4.45. The van der Waals surface area contributed by atoms with Gasteiger partial charge in [-0.1, -0.05) is 52.4 Å². The van der Waals surface area contributed by atoms with Gasteiger partial charge in [-0.2, -0.15) is 0 Å². The molecule has 0 aromatic heterocycles. The van der Waals surface area contributed by atoms with Crippen LogP contribution in [0, 0.1) is 6.92 Å². The summed E-state index contributed by atoms with van der Waals surface area (Å²) < 4.78 is 3.38. The molecule has 0 aliphatic rings. The zero-order valence-electron chi connectivity index (χ0n) is 6.14. The molecule has 0 aliphatic carbocycles. The number of benzene rings is 1. The van der Waals surface area contributed by atoms with Crippen molar-refractivity contribution in [2.24, 2.45) is 0 Å². The highest BCUT2D eigenvalue weighted by Gasteiger charge is 1.93. The predicted molar refractivity (Wildman–Crippen MR) is 67.2 cm³/mol. The van der Waals surface area contributed by atoms with Gasteiger partial charge in [0.2, 0.25) is 0 Å². The molecule has 0 saturated carbocycles. The summed E-state index contributed by atoms with van der Waals surface area (Å²) in [5, 5.41) is 0. The van der Waals surface area contributed by atoms with Gasteiger partial charge in [-0.05, 0) is 39.2 Å². The average molecular weight is 370 g/mol. The van der Waals surface area contributed by atoms with Crippen LogP contribution in [0.1, 0.15) is 11.1 Å². The van der Waals surface area contributed by atoms with Crippen molar-refractivity contribution in [2.75, 3.05) is 0 Å². The van der Waals surface area contributed by atoms with Crippen molar-refractivity contribution in [3.8, 4) is 0 Å². The molecule has 0 radical (unpaired) electrons. The molecule has 0 saturated heterocycles. The van der Waals surface area contributed by atoms with Crippen LogP contribution >= 0.6 is 45.2 Å². The van der Waals surface area contributed by atoms with Gasteiger partial charge >= 0.3 is 0 Å². The lowest BCUT2D eigenvalue weighted by Gasteiger charge is -1.97. The van der Waals surface area contributed by atoms with E-state index >= 15 is 0 Å². The maximum atomic E-state index is 2.34. The van der Waals surface area contributed by atoms with E-state index in [1.54, 1.807) is 0 Å².